The fraction of sp³-hybridized carbons (Fsp3) is 0.600. The SMILES string of the molecule is COCCN1C(=O)N[C@@H]2CN(c3cc(C)nc4ncnn34)CC[C@@H]21. The Bertz CT molecular complexity index is 761. The Labute approximate surface area is 139 Å². The molecule has 128 valence electrons. The molecular formula is C15H21N7O2. The smallest absolute Gasteiger partial charge is 0.318 e. The van der Waals surface area contributed by atoms with Crippen molar-refractivity contribution in [1.82, 2.24) is 29.8 Å². The number of anilines is 1. The van der Waals surface area contributed by atoms with Crippen molar-refractivity contribution in [3.05, 3.63) is 18.1 Å². The molecule has 0 aliphatic carbocycles. The molecule has 0 saturated carbocycles. The molecule has 2 aliphatic rings. The van der Waals surface area contributed by atoms with Crippen LogP contribution in [0.4, 0.5) is 10.6 Å². The summed E-state index contributed by atoms with van der Waals surface area (Å²) in [7, 11) is 1.66. The van der Waals surface area contributed by atoms with E-state index in [0.717, 1.165) is 31.0 Å². The lowest BCUT2D eigenvalue weighted by atomic mass is 10.00. The maximum Gasteiger partial charge on any atom is 0.318 e. The minimum Gasteiger partial charge on any atom is -0.383 e. The lowest BCUT2D eigenvalue weighted by Gasteiger charge is -2.37. The minimum absolute atomic E-state index is 0.000659. The number of nitrogens with one attached hydrogen (secondary N) is 1. The first-order valence-corrected chi connectivity index (χ1v) is 8.16. The maximum absolute atomic E-state index is 12.2. The number of hydrogen-bond acceptors (Lipinski definition) is 6. The van der Waals surface area contributed by atoms with Gasteiger partial charge in [0.2, 0.25) is 0 Å². The predicted octanol–water partition coefficient (Wildman–Crippen LogP) is 0.0516. The molecule has 2 aromatic rings. The lowest BCUT2D eigenvalue weighted by Crippen LogP contribution is -2.52. The van der Waals surface area contributed by atoms with Crippen LogP contribution in [0.15, 0.2) is 12.4 Å². The molecule has 9 heteroatoms. The second kappa shape index (κ2) is 5.90. The zero-order valence-corrected chi connectivity index (χ0v) is 13.8. The van der Waals surface area contributed by atoms with E-state index in [2.05, 4.69) is 25.3 Å². The van der Waals surface area contributed by atoms with Gasteiger partial charge in [-0.3, -0.25) is 0 Å². The highest BCUT2D eigenvalue weighted by Gasteiger charge is 2.42. The van der Waals surface area contributed by atoms with E-state index in [9.17, 15) is 4.79 Å². The van der Waals surface area contributed by atoms with Crippen molar-refractivity contribution in [2.45, 2.75) is 25.4 Å². The van der Waals surface area contributed by atoms with E-state index in [1.54, 1.807) is 11.6 Å². The van der Waals surface area contributed by atoms with Crippen molar-refractivity contribution < 1.29 is 9.53 Å². The molecule has 1 N–H and O–H groups in total. The van der Waals surface area contributed by atoms with Crippen molar-refractivity contribution in [3.8, 4) is 0 Å². The first-order valence-electron chi connectivity index (χ1n) is 8.16. The van der Waals surface area contributed by atoms with E-state index >= 15 is 0 Å². The number of urea groups is 1. The molecule has 9 nitrogen and oxygen atoms in total. The fourth-order valence-corrected chi connectivity index (χ4v) is 3.65. The van der Waals surface area contributed by atoms with Crippen LogP contribution in [0, 0.1) is 6.92 Å². The van der Waals surface area contributed by atoms with Crippen molar-refractivity contribution in [2.24, 2.45) is 0 Å². The Kier molecular flexibility index (Phi) is 3.72. The second-order valence-corrected chi connectivity index (χ2v) is 6.27. The fourth-order valence-electron chi connectivity index (χ4n) is 3.65. The standard InChI is InChI=1S/C15H21N7O2/c1-10-7-13(22-14(18-10)16-9-17-22)20-4-3-12-11(8-20)19-15(23)21(12)5-6-24-2/h7,9,11-12H,3-6,8H2,1-2H3,(H,19,23)/t11-,12+/m1/s1. The predicted molar refractivity (Wildman–Crippen MR) is 87.0 cm³/mol. The van der Waals surface area contributed by atoms with Crippen LogP contribution in [0.2, 0.25) is 0 Å². The summed E-state index contributed by atoms with van der Waals surface area (Å²) in [5.74, 6) is 1.57. The number of carbonyl (C=O) groups is 1. The first kappa shape index (κ1) is 15.1. The van der Waals surface area contributed by atoms with E-state index in [0.29, 0.717) is 18.9 Å². The first-order chi connectivity index (χ1) is 11.7. The molecule has 2 aliphatic heterocycles. The minimum atomic E-state index is 0.000659. The monoisotopic (exact) mass is 331 g/mol. The van der Waals surface area contributed by atoms with Gasteiger partial charge in [-0.2, -0.15) is 14.6 Å². The van der Waals surface area contributed by atoms with Gasteiger partial charge in [0.25, 0.3) is 5.78 Å². The van der Waals surface area contributed by atoms with Crippen molar-refractivity contribution in [1.29, 1.82) is 0 Å². The lowest BCUT2D eigenvalue weighted by molar-refractivity contribution is 0.140. The van der Waals surface area contributed by atoms with Crippen LogP contribution in [0.25, 0.3) is 5.78 Å². The number of piperidine rings is 1. The number of carbonyl (C=O) groups excluding carboxylic acids is 1. The number of aromatic nitrogens is 4. The van der Waals surface area contributed by atoms with Crippen LogP contribution in [0.1, 0.15) is 12.1 Å². The molecule has 2 fully saturated rings. The van der Waals surface area contributed by atoms with E-state index in [4.69, 9.17) is 4.74 Å². The van der Waals surface area contributed by atoms with E-state index in [-0.39, 0.29) is 18.1 Å². The Morgan fingerprint density at radius 3 is 3.17 bits per heavy atom. The number of nitrogens with zero attached hydrogens (tertiary/aromatic N) is 6. The van der Waals surface area contributed by atoms with Gasteiger partial charge >= 0.3 is 6.03 Å². The summed E-state index contributed by atoms with van der Waals surface area (Å²) >= 11 is 0. The van der Waals surface area contributed by atoms with Gasteiger partial charge in [-0.25, -0.2) is 9.78 Å². The van der Waals surface area contributed by atoms with E-state index < -0.39 is 0 Å². The third kappa shape index (κ3) is 2.44. The summed E-state index contributed by atoms with van der Waals surface area (Å²) in [5.41, 5.74) is 0.907. The molecule has 24 heavy (non-hydrogen) atoms. The molecule has 4 rings (SSSR count). The molecule has 2 atom stereocenters. The highest BCUT2D eigenvalue weighted by atomic mass is 16.5. The topological polar surface area (TPSA) is 87.9 Å². The van der Waals surface area contributed by atoms with Crippen LogP contribution in [-0.2, 0) is 4.74 Å². The number of ether oxygens (including phenoxy) is 1. The largest absolute Gasteiger partial charge is 0.383 e. The van der Waals surface area contributed by atoms with Crippen LogP contribution in [-0.4, -0.2) is 75.9 Å². The van der Waals surface area contributed by atoms with Gasteiger partial charge in [0.05, 0.1) is 18.7 Å². The zero-order chi connectivity index (χ0) is 16.7. The molecule has 0 unspecified atom stereocenters. The van der Waals surface area contributed by atoms with Crippen molar-refractivity contribution >= 4 is 17.6 Å². The molecular weight excluding hydrogens is 310 g/mol. The average Bonchev–Trinajstić information content (AvgIpc) is 3.15. The Balaban J connectivity index is 1.56. The average molecular weight is 331 g/mol. The Morgan fingerprint density at radius 1 is 1.46 bits per heavy atom. The van der Waals surface area contributed by atoms with Crippen LogP contribution in [0.5, 0.6) is 0 Å². The zero-order valence-electron chi connectivity index (χ0n) is 13.8. The summed E-state index contributed by atoms with van der Waals surface area (Å²) < 4.78 is 6.87. The van der Waals surface area contributed by atoms with Gasteiger partial charge in [-0.1, -0.05) is 0 Å². The number of aryl methyl sites for hydroxylation is 1. The van der Waals surface area contributed by atoms with Gasteiger partial charge in [-0.15, -0.1) is 0 Å². The normalized spacial score (nSPS) is 23.7. The van der Waals surface area contributed by atoms with E-state index in [1.165, 1.54) is 6.33 Å². The summed E-state index contributed by atoms with van der Waals surface area (Å²) in [4.78, 5) is 24.9. The van der Waals surface area contributed by atoms with Gasteiger partial charge < -0.3 is 19.9 Å². The summed E-state index contributed by atoms with van der Waals surface area (Å²) in [5, 5.41) is 7.38. The highest BCUT2D eigenvalue weighted by Crippen LogP contribution is 2.26. The number of fused-ring (bicyclic) bond motifs is 2. The van der Waals surface area contributed by atoms with Crippen molar-refractivity contribution in [3.63, 3.8) is 0 Å². The quantitative estimate of drug-likeness (QED) is 0.852. The number of methoxy groups -OCH3 is 1. The van der Waals surface area contributed by atoms with Crippen LogP contribution in [0.3, 0.4) is 0 Å². The Morgan fingerprint density at radius 2 is 2.33 bits per heavy atom. The van der Waals surface area contributed by atoms with Crippen LogP contribution < -0.4 is 10.2 Å². The maximum atomic E-state index is 12.2. The molecule has 2 saturated heterocycles. The van der Waals surface area contributed by atoms with Gasteiger partial charge in [0, 0.05) is 38.5 Å². The molecule has 4 heterocycles. The van der Waals surface area contributed by atoms with Gasteiger partial charge in [-0.05, 0) is 13.3 Å². The number of rotatable bonds is 4. The van der Waals surface area contributed by atoms with Crippen LogP contribution >= 0.6 is 0 Å². The van der Waals surface area contributed by atoms with Gasteiger partial charge in [0.1, 0.15) is 12.1 Å². The van der Waals surface area contributed by atoms with Crippen molar-refractivity contribution in [2.75, 3.05) is 38.3 Å². The third-order valence-corrected chi connectivity index (χ3v) is 4.77. The molecule has 2 aromatic heterocycles. The third-order valence-electron chi connectivity index (χ3n) is 4.77. The van der Waals surface area contributed by atoms with E-state index in [1.807, 2.05) is 17.9 Å². The number of amides is 2. The molecule has 0 spiro atoms. The summed E-state index contributed by atoms with van der Waals surface area (Å²) in [6.07, 6.45) is 2.42. The molecule has 0 aromatic carbocycles. The second-order valence-electron chi connectivity index (χ2n) is 6.27. The Hall–Kier alpha value is -2.42. The highest BCUT2D eigenvalue weighted by molar-refractivity contribution is 5.78. The molecule has 0 radical (unpaired) electrons. The van der Waals surface area contributed by atoms with Gasteiger partial charge in [0.15, 0.2) is 0 Å². The summed E-state index contributed by atoms with van der Waals surface area (Å²) in [6, 6.07) is 2.34. The molecule has 2 amide bonds. The molecule has 0 bridgehead atoms. The number of hydrogen-bond donors (Lipinski definition) is 1. The summed E-state index contributed by atoms with van der Waals surface area (Å²) in [6.45, 7) is 4.75.